The molecule has 0 bridgehead atoms. The molecule has 31 heavy (non-hydrogen) atoms. The monoisotopic (exact) mass is 436 g/mol. The molecule has 2 aromatic rings. The van der Waals surface area contributed by atoms with Crippen molar-refractivity contribution in [3.63, 3.8) is 0 Å². The second kappa shape index (κ2) is 10.4. The van der Waals surface area contributed by atoms with Crippen molar-refractivity contribution in [2.45, 2.75) is 36.5 Å². The summed E-state index contributed by atoms with van der Waals surface area (Å²) in [5, 5.41) is 3.10. The summed E-state index contributed by atoms with van der Waals surface area (Å²) in [4.78, 5) is 25.0. The SMILES string of the molecule is CCCC1=Nc2cc(C(=O)NCCN3CCN(CC)CC3)ccc2Sc2ccccc21. The number of hydrogen-bond donors (Lipinski definition) is 1. The van der Waals surface area contributed by atoms with Crippen molar-refractivity contribution in [1.29, 1.82) is 0 Å². The topological polar surface area (TPSA) is 47.9 Å². The van der Waals surface area contributed by atoms with Crippen molar-refractivity contribution in [3.05, 3.63) is 53.6 Å². The Morgan fingerprint density at radius 3 is 2.58 bits per heavy atom. The van der Waals surface area contributed by atoms with Crippen molar-refractivity contribution in [1.82, 2.24) is 15.1 Å². The first-order chi connectivity index (χ1) is 15.2. The molecular weight excluding hydrogens is 404 g/mol. The van der Waals surface area contributed by atoms with Gasteiger partial charge in [0.2, 0.25) is 0 Å². The first-order valence-corrected chi connectivity index (χ1v) is 12.2. The lowest BCUT2D eigenvalue weighted by atomic mass is 10.1. The van der Waals surface area contributed by atoms with E-state index < -0.39 is 0 Å². The van der Waals surface area contributed by atoms with Crippen LogP contribution >= 0.6 is 11.8 Å². The van der Waals surface area contributed by atoms with Crippen molar-refractivity contribution >= 4 is 29.1 Å². The van der Waals surface area contributed by atoms with Gasteiger partial charge in [-0.05, 0) is 37.2 Å². The van der Waals surface area contributed by atoms with Crippen molar-refractivity contribution in [2.24, 2.45) is 4.99 Å². The number of piperazine rings is 1. The minimum Gasteiger partial charge on any atom is -0.351 e. The molecule has 0 radical (unpaired) electrons. The molecule has 6 heteroatoms. The summed E-state index contributed by atoms with van der Waals surface area (Å²) in [6.45, 7) is 11.5. The molecule has 1 N–H and O–H groups in total. The highest BCUT2D eigenvalue weighted by atomic mass is 32.2. The van der Waals surface area contributed by atoms with E-state index in [1.165, 1.54) is 10.5 Å². The van der Waals surface area contributed by atoms with Gasteiger partial charge in [0.1, 0.15) is 0 Å². The number of carbonyl (C=O) groups excluding carboxylic acids is 1. The minimum absolute atomic E-state index is 0.0194. The summed E-state index contributed by atoms with van der Waals surface area (Å²) < 4.78 is 0. The fourth-order valence-corrected chi connectivity index (χ4v) is 5.16. The molecule has 164 valence electrons. The average Bonchev–Trinajstić information content (AvgIpc) is 2.95. The lowest BCUT2D eigenvalue weighted by Gasteiger charge is -2.33. The van der Waals surface area contributed by atoms with E-state index in [0.29, 0.717) is 12.1 Å². The van der Waals surface area contributed by atoms with Gasteiger partial charge in [0.05, 0.1) is 5.69 Å². The highest BCUT2D eigenvalue weighted by Crippen LogP contribution is 2.41. The molecule has 2 heterocycles. The summed E-state index contributed by atoms with van der Waals surface area (Å²) >= 11 is 1.74. The van der Waals surface area contributed by atoms with E-state index in [0.717, 1.165) is 68.4 Å². The summed E-state index contributed by atoms with van der Waals surface area (Å²) in [6, 6.07) is 14.3. The Hall–Kier alpha value is -2.15. The summed E-state index contributed by atoms with van der Waals surface area (Å²) in [5.74, 6) is -0.0194. The van der Waals surface area contributed by atoms with Gasteiger partial charge in [-0.3, -0.25) is 14.7 Å². The molecule has 0 unspecified atom stereocenters. The highest BCUT2D eigenvalue weighted by molar-refractivity contribution is 7.99. The molecule has 1 fully saturated rings. The van der Waals surface area contributed by atoms with E-state index in [4.69, 9.17) is 4.99 Å². The van der Waals surface area contributed by atoms with Crippen molar-refractivity contribution in [2.75, 3.05) is 45.8 Å². The molecule has 0 saturated carbocycles. The van der Waals surface area contributed by atoms with Crippen LogP contribution in [0.3, 0.4) is 0 Å². The molecular formula is C25H32N4OS. The number of nitrogens with zero attached hydrogens (tertiary/aromatic N) is 3. The van der Waals surface area contributed by atoms with E-state index in [2.05, 4.69) is 53.2 Å². The largest absolute Gasteiger partial charge is 0.351 e. The third kappa shape index (κ3) is 5.37. The number of likely N-dealkylation sites (N-methyl/N-ethyl adjacent to an activating group) is 1. The predicted molar refractivity (Wildman–Crippen MR) is 129 cm³/mol. The molecule has 2 aromatic carbocycles. The Morgan fingerprint density at radius 1 is 1.03 bits per heavy atom. The van der Waals surface area contributed by atoms with Gasteiger partial charge in [-0.1, -0.05) is 50.2 Å². The summed E-state index contributed by atoms with van der Waals surface area (Å²) in [6.07, 6.45) is 1.97. The zero-order chi connectivity index (χ0) is 21.6. The van der Waals surface area contributed by atoms with Crippen LogP contribution in [0.25, 0.3) is 0 Å². The Balaban J connectivity index is 1.42. The summed E-state index contributed by atoms with van der Waals surface area (Å²) in [5.41, 5.74) is 3.89. The van der Waals surface area contributed by atoms with Crippen LogP contribution in [-0.2, 0) is 0 Å². The predicted octanol–water partition coefficient (Wildman–Crippen LogP) is 4.44. The van der Waals surface area contributed by atoms with Crippen LogP contribution in [0.4, 0.5) is 5.69 Å². The number of amides is 1. The molecule has 5 nitrogen and oxygen atoms in total. The lowest BCUT2D eigenvalue weighted by molar-refractivity contribution is 0.0938. The number of nitrogens with one attached hydrogen (secondary N) is 1. The van der Waals surface area contributed by atoms with Gasteiger partial charge in [-0.2, -0.15) is 0 Å². The van der Waals surface area contributed by atoms with Crippen LogP contribution < -0.4 is 5.32 Å². The minimum atomic E-state index is -0.0194. The van der Waals surface area contributed by atoms with Gasteiger partial charge < -0.3 is 10.2 Å². The van der Waals surface area contributed by atoms with Gasteiger partial charge in [0, 0.05) is 65.9 Å². The van der Waals surface area contributed by atoms with Crippen LogP contribution in [-0.4, -0.2) is 67.2 Å². The first kappa shape index (κ1) is 22.1. The quantitative estimate of drug-likeness (QED) is 0.697. The fraction of sp³-hybridized carbons (Fsp3) is 0.440. The number of fused-ring (bicyclic) bond motifs is 2. The van der Waals surface area contributed by atoms with E-state index in [1.54, 1.807) is 11.8 Å². The maximum atomic E-state index is 12.8. The van der Waals surface area contributed by atoms with E-state index in [-0.39, 0.29) is 5.91 Å². The zero-order valence-corrected chi connectivity index (χ0v) is 19.4. The fourth-order valence-electron chi connectivity index (χ4n) is 4.14. The van der Waals surface area contributed by atoms with Crippen LogP contribution in [0, 0.1) is 0 Å². The Bertz CT molecular complexity index is 950. The molecule has 0 aliphatic carbocycles. The second-order valence-corrected chi connectivity index (χ2v) is 9.20. The van der Waals surface area contributed by atoms with E-state index >= 15 is 0 Å². The van der Waals surface area contributed by atoms with Crippen LogP contribution in [0.15, 0.2) is 57.2 Å². The molecule has 1 amide bonds. The van der Waals surface area contributed by atoms with Gasteiger partial charge >= 0.3 is 0 Å². The maximum Gasteiger partial charge on any atom is 0.251 e. The molecule has 1 saturated heterocycles. The maximum absolute atomic E-state index is 12.8. The Labute approximate surface area is 189 Å². The first-order valence-electron chi connectivity index (χ1n) is 11.4. The van der Waals surface area contributed by atoms with Gasteiger partial charge in [0.25, 0.3) is 5.91 Å². The second-order valence-electron chi connectivity index (χ2n) is 8.12. The number of carbonyl (C=O) groups is 1. The van der Waals surface area contributed by atoms with Gasteiger partial charge in [-0.25, -0.2) is 0 Å². The third-order valence-electron chi connectivity index (χ3n) is 6.01. The van der Waals surface area contributed by atoms with Crippen molar-refractivity contribution < 1.29 is 4.79 Å². The van der Waals surface area contributed by atoms with Gasteiger partial charge in [-0.15, -0.1) is 0 Å². The van der Waals surface area contributed by atoms with E-state index in [1.807, 2.05) is 18.2 Å². The molecule has 0 spiro atoms. The average molecular weight is 437 g/mol. The molecule has 0 atom stereocenters. The third-order valence-corrected chi connectivity index (χ3v) is 7.15. The summed E-state index contributed by atoms with van der Waals surface area (Å²) in [7, 11) is 0. The highest BCUT2D eigenvalue weighted by Gasteiger charge is 2.19. The smallest absolute Gasteiger partial charge is 0.251 e. The Kier molecular flexibility index (Phi) is 7.43. The van der Waals surface area contributed by atoms with Crippen LogP contribution in [0.2, 0.25) is 0 Å². The normalized spacial score (nSPS) is 16.8. The van der Waals surface area contributed by atoms with Crippen LogP contribution in [0.5, 0.6) is 0 Å². The molecule has 4 rings (SSSR count). The molecule has 0 aromatic heterocycles. The number of aliphatic imine (C=N–C) groups is 1. The number of hydrogen-bond acceptors (Lipinski definition) is 5. The Morgan fingerprint density at radius 2 is 1.81 bits per heavy atom. The number of benzene rings is 2. The standard InChI is InChI=1S/C25H32N4OS/c1-3-7-21-20-8-5-6-9-23(20)31-24-11-10-19(18-22(24)27-21)25(30)26-12-13-29-16-14-28(4-2)15-17-29/h5-6,8-11,18H,3-4,7,12-17H2,1-2H3,(H,26,30). The molecule has 2 aliphatic heterocycles. The molecule has 2 aliphatic rings. The lowest BCUT2D eigenvalue weighted by Crippen LogP contribution is -2.48. The number of rotatable bonds is 7. The zero-order valence-electron chi connectivity index (χ0n) is 18.6. The van der Waals surface area contributed by atoms with E-state index in [9.17, 15) is 4.79 Å². The van der Waals surface area contributed by atoms with Crippen LogP contribution in [0.1, 0.15) is 42.6 Å². The van der Waals surface area contributed by atoms with Crippen molar-refractivity contribution in [3.8, 4) is 0 Å². The van der Waals surface area contributed by atoms with Gasteiger partial charge in [0.15, 0.2) is 0 Å².